The highest BCUT2D eigenvalue weighted by atomic mass is 16.6. The predicted molar refractivity (Wildman–Crippen MR) is 109 cm³/mol. The average Bonchev–Trinajstić information content (AvgIpc) is 2.68. The quantitative estimate of drug-likeness (QED) is 0.336. The third-order valence-electron chi connectivity index (χ3n) is 4.90. The number of hydrogen-bond donors (Lipinski definition) is 0. The summed E-state index contributed by atoms with van der Waals surface area (Å²) in [5.41, 5.74) is 0. The van der Waals surface area contributed by atoms with Crippen LogP contribution in [0.2, 0.25) is 0 Å². The molecule has 0 N–H and O–H groups in total. The number of unbranched alkanes of at least 4 members (excludes halogenated alkanes) is 4. The summed E-state index contributed by atoms with van der Waals surface area (Å²) < 4.78 is 30.7. The summed E-state index contributed by atoms with van der Waals surface area (Å²) in [5, 5.41) is 0. The first-order valence-corrected chi connectivity index (χ1v) is 11.3. The first-order chi connectivity index (χ1) is 13.3. The maximum atomic E-state index is 6.28. The molecule has 5 heteroatoms. The molecule has 0 unspecified atom stereocenters. The summed E-state index contributed by atoms with van der Waals surface area (Å²) in [6, 6.07) is 0. The molecule has 0 saturated carbocycles. The number of hydrogen-bond acceptors (Lipinski definition) is 5. The van der Waals surface area contributed by atoms with Crippen molar-refractivity contribution in [3.63, 3.8) is 0 Å². The third kappa shape index (κ3) is 10.2. The van der Waals surface area contributed by atoms with Crippen molar-refractivity contribution >= 4 is 0 Å². The zero-order valence-corrected chi connectivity index (χ0v) is 18.3. The summed E-state index contributed by atoms with van der Waals surface area (Å²) in [6.07, 6.45) is 8.37. The van der Waals surface area contributed by atoms with Crippen LogP contribution in [0.5, 0.6) is 0 Å². The molecule has 1 rings (SSSR count). The van der Waals surface area contributed by atoms with E-state index in [0.717, 1.165) is 77.8 Å². The van der Waals surface area contributed by atoms with Gasteiger partial charge in [-0.2, -0.15) is 0 Å². The maximum absolute atomic E-state index is 6.28. The van der Waals surface area contributed by atoms with Gasteiger partial charge in [-0.05, 0) is 25.7 Å². The second-order valence-corrected chi connectivity index (χ2v) is 7.44. The molecule has 1 heterocycles. The monoisotopic (exact) mass is 388 g/mol. The molecule has 1 fully saturated rings. The topological polar surface area (TPSA) is 46.2 Å². The molecule has 0 aromatic rings. The van der Waals surface area contributed by atoms with E-state index in [9.17, 15) is 0 Å². The van der Waals surface area contributed by atoms with Gasteiger partial charge in [0.15, 0.2) is 0 Å². The van der Waals surface area contributed by atoms with Crippen molar-refractivity contribution < 1.29 is 23.7 Å². The zero-order valence-electron chi connectivity index (χ0n) is 18.3. The van der Waals surface area contributed by atoms with Gasteiger partial charge in [0, 0.05) is 26.4 Å². The maximum Gasteiger partial charge on any atom is 0.115 e. The average molecular weight is 389 g/mol. The Morgan fingerprint density at radius 2 is 1.19 bits per heavy atom. The summed E-state index contributed by atoms with van der Waals surface area (Å²) in [4.78, 5) is 0. The summed E-state index contributed by atoms with van der Waals surface area (Å²) in [5.74, 6) is 0. The van der Waals surface area contributed by atoms with Crippen LogP contribution in [0.1, 0.15) is 79.1 Å². The Hall–Kier alpha value is -0.200. The van der Waals surface area contributed by atoms with Crippen molar-refractivity contribution in [2.75, 3.05) is 39.6 Å². The minimum absolute atomic E-state index is 0.0630. The smallest absolute Gasteiger partial charge is 0.115 e. The van der Waals surface area contributed by atoms with E-state index in [4.69, 9.17) is 23.7 Å². The SMILES string of the molecule is CCCCOC[C@H]1OC[C@H](OCCCC)[C@@H](OCCCC)[C@@H]1OCCCC. The second-order valence-electron chi connectivity index (χ2n) is 7.44. The fourth-order valence-electron chi connectivity index (χ4n) is 3.07. The predicted octanol–water partition coefficient (Wildman–Crippen LogP) is 4.76. The highest BCUT2D eigenvalue weighted by Gasteiger charge is 2.42. The van der Waals surface area contributed by atoms with E-state index in [1.165, 1.54) is 0 Å². The molecule has 0 aliphatic carbocycles. The molecule has 27 heavy (non-hydrogen) atoms. The minimum atomic E-state index is -0.129. The molecule has 0 bridgehead atoms. The van der Waals surface area contributed by atoms with Gasteiger partial charge >= 0.3 is 0 Å². The van der Waals surface area contributed by atoms with Gasteiger partial charge in [0.2, 0.25) is 0 Å². The summed E-state index contributed by atoms with van der Waals surface area (Å²) >= 11 is 0. The molecule has 0 aromatic carbocycles. The largest absolute Gasteiger partial charge is 0.379 e. The Balaban J connectivity index is 2.72. The zero-order chi connectivity index (χ0) is 19.7. The Morgan fingerprint density at radius 1 is 0.667 bits per heavy atom. The first-order valence-electron chi connectivity index (χ1n) is 11.3. The van der Waals surface area contributed by atoms with Crippen LogP contribution in [0.25, 0.3) is 0 Å². The van der Waals surface area contributed by atoms with Crippen LogP contribution >= 0.6 is 0 Å². The van der Waals surface area contributed by atoms with Gasteiger partial charge in [-0.1, -0.05) is 53.4 Å². The third-order valence-corrected chi connectivity index (χ3v) is 4.90. The molecule has 1 saturated heterocycles. The minimum Gasteiger partial charge on any atom is -0.379 e. The van der Waals surface area contributed by atoms with Crippen molar-refractivity contribution in [1.29, 1.82) is 0 Å². The Kier molecular flexibility index (Phi) is 15.4. The van der Waals surface area contributed by atoms with Gasteiger partial charge < -0.3 is 23.7 Å². The van der Waals surface area contributed by atoms with Gasteiger partial charge in [-0.15, -0.1) is 0 Å². The Labute approximate surface area is 167 Å². The van der Waals surface area contributed by atoms with Crippen LogP contribution in [0.4, 0.5) is 0 Å². The molecule has 1 aliphatic heterocycles. The van der Waals surface area contributed by atoms with Crippen molar-refractivity contribution in [1.82, 2.24) is 0 Å². The van der Waals surface area contributed by atoms with E-state index in [1.54, 1.807) is 0 Å². The van der Waals surface area contributed by atoms with Gasteiger partial charge in [0.25, 0.3) is 0 Å². The van der Waals surface area contributed by atoms with Crippen molar-refractivity contribution in [2.45, 2.75) is 103 Å². The molecule has 0 radical (unpaired) electrons. The van der Waals surface area contributed by atoms with Crippen LogP contribution < -0.4 is 0 Å². The lowest BCUT2D eigenvalue weighted by Gasteiger charge is -2.42. The van der Waals surface area contributed by atoms with Crippen LogP contribution in [0.3, 0.4) is 0 Å². The molecular formula is C22H44O5. The van der Waals surface area contributed by atoms with Crippen molar-refractivity contribution in [2.24, 2.45) is 0 Å². The van der Waals surface area contributed by atoms with E-state index < -0.39 is 0 Å². The Morgan fingerprint density at radius 3 is 1.78 bits per heavy atom. The van der Waals surface area contributed by atoms with E-state index in [1.807, 2.05) is 0 Å². The van der Waals surface area contributed by atoms with Crippen LogP contribution in [-0.4, -0.2) is 64.1 Å². The molecule has 0 aromatic heterocycles. The van der Waals surface area contributed by atoms with E-state index >= 15 is 0 Å². The fraction of sp³-hybridized carbons (Fsp3) is 1.00. The van der Waals surface area contributed by atoms with Crippen LogP contribution in [0.15, 0.2) is 0 Å². The van der Waals surface area contributed by atoms with Crippen molar-refractivity contribution in [3.05, 3.63) is 0 Å². The lowest BCUT2D eigenvalue weighted by Crippen LogP contribution is -2.57. The molecular weight excluding hydrogens is 344 g/mol. The second kappa shape index (κ2) is 16.7. The first kappa shape index (κ1) is 24.8. The molecule has 0 spiro atoms. The van der Waals surface area contributed by atoms with Gasteiger partial charge in [-0.25, -0.2) is 0 Å². The molecule has 5 nitrogen and oxygen atoms in total. The molecule has 4 atom stereocenters. The van der Waals surface area contributed by atoms with Gasteiger partial charge in [0.05, 0.1) is 13.2 Å². The summed E-state index contributed by atoms with van der Waals surface area (Å²) in [6.45, 7) is 12.8. The Bertz CT molecular complexity index is 326. The van der Waals surface area contributed by atoms with Gasteiger partial charge in [0.1, 0.15) is 24.4 Å². The summed E-state index contributed by atoms with van der Waals surface area (Å²) in [7, 11) is 0. The van der Waals surface area contributed by atoms with E-state index in [-0.39, 0.29) is 24.4 Å². The number of rotatable bonds is 17. The van der Waals surface area contributed by atoms with Crippen molar-refractivity contribution in [3.8, 4) is 0 Å². The molecule has 162 valence electrons. The van der Waals surface area contributed by atoms with Gasteiger partial charge in [-0.3, -0.25) is 0 Å². The highest BCUT2D eigenvalue weighted by molar-refractivity contribution is 4.90. The van der Waals surface area contributed by atoms with E-state index in [0.29, 0.717) is 13.2 Å². The number of ether oxygens (including phenoxy) is 5. The molecule has 0 amide bonds. The standard InChI is InChI=1S/C22H44O5/c1-5-9-13-23-17-19-21(25-15-11-7-3)22(26-16-12-8-4)20(18-27-19)24-14-10-6-2/h19-22H,5-18H2,1-4H3/t19-,20+,21-,22-/m1/s1. The fourth-order valence-corrected chi connectivity index (χ4v) is 3.07. The normalized spacial score (nSPS) is 25.8. The lowest BCUT2D eigenvalue weighted by atomic mass is 9.99. The van der Waals surface area contributed by atoms with Crippen LogP contribution in [0, 0.1) is 0 Å². The van der Waals surface area contributed by atoms with E-state index in [2.05, 4.69) is 27.7 Å². The highest BCUT2D eigenvalue weighted by Crippen LogP contribution is 2.25. The lowest BCUT2D eigenvalue weighted by molar-refractivity contribution is -0.239. The van der Waals surface area contributed by atoms with Crippen LogP contribution in [-0.2, 0) is 23.7 Å². The molecule has 1 aliphatic rings.